The Kier molecular flexibility index (Phi) is 7.14. The Bertz CT molecular complexity index is 924. The topological polar surface area (TPSA) is 75.6 Å². The summed E-state index contributed by atoms with van der Waals surface area (Å²) in [6.45, 7) is -0.460. The molecule has 0 aliphatic rings. The molecule has 0 heterocycles. The van der Waals surface area contributed by atoms with E-state index < -0.39 is 5.97 Å². The molecule has 0 spiro atoms. The van der Waals surface area contributed by atoms with Gasteiger partial charge < -0.3 is 15.2 Å². The highest BCUT2D eigenvalue weighted by atomic mass is 16.5. The van der Waals surface area contributed by atoms with Crippen LogP contribution in [0.25, 0.3) is 0 Å². The number of benzene rings is 3. The van der Waals surface area contributed by atoms with Gasteiger partial charge in [0.15, 0.2) is 6.61 Å². The summed E-state index contributed by atoms with van der Waals surface area (Å²) >= 11 is 0. The first-order valence-corrected chi connectivity index (χ1v) is 9.41. The summed E-state index contributed by atoms with van der Waals surface area (Å²) in [5.41, 5.74) is 3.11. The van der Waals surface area contributed by atoms with Gasteiger partial charge >= 0.3 is 5.97 Å². The van der Waals surface area contributed by atoms with Crippen LogP contribution in [-0.4, -0.2) is 23.6 Å². The van der Waals surface area contributed by atoms with Crippen LogP contribution in [0, 0.1) is 0 Å². The van der Waals surface area contributed by atoms with Crippen molar-refractivity contribution in [3.05, 3.63) is 107 Å². The van der Waals surface area contributed by atoms with E-state index in [1.54, 1.807) is 24.3 Å². The predicted molar refractivity (Wildman–Crippen MR) is 110 cm³/mol. The summed E-state index contributed by atoms with van der Waals surface area (Å²) in [6.07, 6.45) is 0.632. The molecule has 0 aromatic heterocycles. The number of aliphatic hydroxyl groups is 1. The van der Waals surface area contributed by atoms with Gasteiger partial charge in [0.25, 0.3) is 5.91 Å². The lowest BCUT2D eigenvalue weighted by atomic mass is 9.99. The van der Waals surface area contributed by atoms with Crippen LogP contribution in [0.5, 0.6) is 0 Å². The van der Waals surface area contributed by atoms with Crippen molar-refractivity contribution >= 4 is 11.9 Å². The third kappa shape index (κ3) is 6.02. The minimum absolute atomic E-state index is 0.0972. The average Bonchev–Trinajstić information content (AvgIpc) is 2.78. The molecule has 3 aromatic carbocycles. The quantitative estimate of drug-likeness (QED) is 0.579. The molecule has 0 saturated carbocycles. The Labute approximate surface area is 170 Å². The lowest BCUT2D eigenvalue weighted by molar-refractivity contribution is -0.125. The number of carbonyl (C=O) groups excluding carboxylic acids is 2. The highest BCUT2D eigenvalue weighted by Gasteiger charge is 2.17. The van der Waals surface area contributed by atoms with Gasteiger partial charge in [0.05, 0.1) is 18.2 Å². The maximum absolute atomic E-state index is 12.4. The summed E-state index contributed by atoms with van der Waals surface area (Å²) < 4.78 is 5.14. The van der Waals surface area contributed by atoms with E-state index in [0.29, 0.717) is 17.5 Å². The molecule has 0 aliphatic carbocycles. The van der Waals surface area contributed by atoms with E-state index in [1.165, 1.54) is 0 Å². The molecule has 5 nitrogen and oxygen atoms in total. The summed E-state index contributed by atoms with van der Waals surface area (Å²) in [4.78, 5) is 24.6. The van der Waals surface area contributed by atoms with Crippen LogP contribution >= 0.6 is 0 Å². The highest BCUT2D eigenvalue weighted by Crippen LogP contribution is 2.18. The molecule has 0 saturated heterocycles. The number of hydrogen-bond acceptors (Lipinski definition) is 4. The van der Waals surface area contributed by atoms with Crippen molar-refractivity contribution in [2.75, 3.05) is 6.61 Å². The lowest BCUT2D eigenvalue weighted by Gasteiger charge is -2.19. The van der Waals surface area contributed by atoms with E-state index >= 15 is 0 Å². The monoisotopic (exact) mass is 389 g/mol. The van der Waals surface area contributed by atoms with Crippen LogP contribution in [-0.2, 0) is 22.6 Å². The minimum Gasteiger partial charge on any atom is -0.452 e. The van der Waals surface area contributed by atoms with E-state index in [1.807, 2.05) is 60.7 Å². The first-order chi connectivity index (χ1) is 14.2. The second-order valence-electron chi connectivity index (χ2n) is 6.65. The molecule has 0 unspecified atom stereocenters. The maximum atomic E-state index is 12.4. The smallest absolute Gasteiger partial charge is 0.338 e. The van der Waals surface area contributed by atoms with Crippen LogP contribution in [0.3, 0.4) is 0 Å². The van der Waals surface area contributed by atoms with Crippen molar-refractivity contribution in [2.24, 2.45) is 0 Å². The number of amides is 1. The van der Waals surface area contributed by atoms with Crippen LogP contribution in [0.15, 0.2) is 84.9 Å². The number of aliphatic hydroxyl groups excluding tert-OH is 1. The van der Waals surface area contributed by atoms with E-state index in [4.69, 9.17) is 9.84 Å². The van der Waals surface area contributed by atoms with Crippen LogP contribution in [0.1, 0.15) is 33.1 Å². The molecule has 0 bridgehead atoms. The van der Waals surface area contributed by atoms with Crippen molar-refractivity contribution in [2.45, 2.75) is 19.1 Å². The number of carbonyl (C=O) groups is 2. The Hall–Kier alpha value is -3.44. The molecule has 1 atom stereocenters. The fourth-order valence-corrected chi connectivity index (χ4v) is 2.98. The van der Waals surface area contributed by atoms with E-state index in [-0.39, 0.29) is 25.2 Å². The zero-order valence-electron chi connectivity index (χ0n) is 16.0. The lowest BCUT2D eigenvalue weighted by Crippen LogP contribution is -2.33. The zero-order chi connectivity index (χ0) is 20.5. The van der Waals surface area contributed by atoms with Gasteiger partial charge in [-0.25, -0.2) is 4.79 Å². The molecule has 148 valence electrons. The average molecular weight is 389 g/mol. The van der Waals surface area contributed by atoms with Crippen molar-refractivity contribution in [1.82, 2.24) is 5.32 Å². The van der Waals surface area contributed by atoms with Gasteiger partial charge in [-0.1, -0.05) is 72.8 Å². The van der Waals surface area contributed by atoms with Crippen LogP contribution < -0.4 is 5.32 Å². The zero-order valence-corrected chi connectivity index (χ0v) is 16.0. The Morgan fingerprint density at radius 3 is 2.07 bits per heavy atom. The number of rotatable bonds is 8. The number of esters is 1. The predicted octanol–water partition coefficient (Wildman–Crippen LogP) is 3.44. The van der Waals surface area contributed by atoms with Crippen molar-refractivity contribution in [3.63, 3.8) is 0 Å². The van der Waals surface area contributed by atoms with E-state index in [9.17, 15) is 9.59 Å². The second kappa shape index (κ2) is 10.2. The summed E-state index contributed by atoms with van der Waals surface area (Å²) in [7, 11) is 0. The fourth-order valence-electron chi connectivity index (χ4n) is 2.98. The molecule has 5 heteroatoms. The Morgan fingerprint density at radius 1 is 0.828 bits per heavy atom. The van der Waals surface area contributed by atoms with E-state index in [0.717, 1.165) is 11.1 Å². The number of ether oxygens (including phenoxy) is 1. The van der Waals surface area contributed by atoms with Gasteiger partial charge in [-0.3, -0.25) is 4.79 Å². The third-order valence-electron chi connectivity index (χ3n) is 4.53. The van der Waals surface area contributed by atoms with Gasteiger partial charge in [-0.2, -0.15) is 0 Å². The first kappa shape index (κ1) is 20.3. The minimum atomic E-state index is -0.580. The molecular formula is C24H23NO4. The SMILES string of the molecule is O=C(COC(=O)c1ccc(CO)cc1)N[C@@H](Cc1ccccc1)c1ccccc1. The molecular weight excluding hydrogens is 366 g/mol. The Balaban J connectivity index is 1.61. The van der Waals surface area contributed by atoms with Crippen LogP contribution in [0.4, 0.5) is 0 Å². The van der Waals surface area contributed by atoms with Gasteiger partial charge in [0, 0.05) is 0 Å². The summed E-state index contributed by atoms with van der Waals surface area (Å²) in [5, 5.41) is 12.0. The highest BCUT2D eigenvalue weighted by molar-refractivity contribution is 5.91. The summed E-state index contributed by atoms with van der Waals surface area (Å²) in [5.74, 6) is -0.945. The normalized spacial score (nSPS) is 11.5. The molecule has 3 aromatic rings. The maximum Gasteiger partial charge on any atom is 0.338 e. The molecule has 0 fully saturated rings. The van der Waals surface area contributed by atoms with Gasteiger partial charge in [-0.05, 0) is 35.2 Å². The molecule has 0 radical (unpaired) electrons. The molecule has 2 N–H and O–H groups in total. The van der Waals surface area contributed by atoms with Crippen molar-refractivity contribution in [1.29, 1.82) is 0 Å². The van der Waals surface area contributed by atoms with Crippen molar-refractivity contribution < 1.29 is 19.4 Å². The van der Waals surface area contributed by atoms with Gasteiger partial charge in [-0.15, -0.1) is 0 Å². The Morgan fingerprint density at radius 2 is 1.45 bits per heavy atom. The standard InChI is InChI=1S/C24H23NO4/c26-16-19-11-13-21(14-12-19)24(28)29-17-23(27)25-22(20-9-5-2-6-10-20)15-18-7-3-1-4-8-18/h1-14,22,26H,15-17H2,(H,25,27)/t22-/m0/s1. The number of nitrogens with one attached hydrogen (secondary N) is 1. The molecule has 1 amide bonds. The second-order valence-corrected chi connectivity index (χ2v) is 6.65. The van der Waals surface area contributed by atoms with Crippen LogP contribution in [0.2, 0.25) is 0 Å². The first-order valence-electron chi connectivity index (χ1n) is 9.41. The number of hydrogen-bond donors (Lipinski definition) is 2. The van der Waals surface area contributed by atoms with E-state index in [2.05, 4.69) is 5.32 Å². The molecule has 0 aliphatic heterocycles. The van der Waals surface area contributed by atoms with Gasteiger partial charge in [0.2, 0.25) is 0 Å². The molecule has 29 heavy (non-hydrogen) atoms. The fraction of sp³-hybridized carbons (Fsp3) is 0.167. The van der Waals surface area contributed by atoms with Crippen molar-refractivity contribution in [3.8, 4) is 0 Å². The largest absolute Gasteiger partial charge is 0.452 e. The summed E-state index contributed by atoms with van der Waals surface area (Å²) in [6, 6.07) is 25.8. The third-order valence-corrected chi connectivity index (χ3v) is 4.53. The van der Waals surface area contributed by atoms with Gasteiger partial charge in [0.1, 0.15) is 0 Å². The molecule has 3 rings (SSSR count).